The van der Waals surface area contributed by atoms with Crippen molar-refractivity contribution in [2.75, 3.05) is 24.6 Å². The molecule has 1 saturated heterocycles. The van der Waals surface area contributed by atoms with E-state index in [0.717, 1.165) is 37.3 Å². The molecule has 7 nitrogen and oxygen atoms in total. The number of aliphatic hydroxyl groups excluding tert-OH is 1. The van der Waals surface area contributed by atoms with Crippen molar-refractivity contribution in [3.8, 4) is 0 Å². The van der Waals surface area contributed by atoms with E-state index in [1.165, 1.54) is 0 Å². The number of aromatic nitrogens is 2. The third-order valence-corrected chi connectivity index (χ3v) is 7.03. The molecule has 8 heteroatoms. The Morgan fingerprint density at radius 1 is 1.14 bits per heavy atom. The summed E-state index contributed by atoms with van der Waals surface area (Å²) in [5.41, 5.74) is 2.10. The maximum atomic E-state index is 13.4. The van der Waals surface area contributed by atoms with Crippen molar-refractivity contribution >= 4 is 34.2 Å². The molecule has 3 heterocycles. The molecule has 1 atom stereocenters. The molecule has 0 radical (unpaired) electrons. The second-order valence-corrected chi connectivity index (χ2v) is 9.53. The molecule has 0 bridgehead atoms. The lowest BCUT2D eigenvalue weighted by atomic mass is 9.97. The van der Waals surface area contributed by atoms with Gasteiger partial charge in [-0.25, -0.2) is 4.98 Å². The highest BCUT2D eigenvalue weighted by molar-refractivity contribution is 6.31. The molecular formula is C28H27ClN4O3. The highest BCUT2D eigenvalue weighted by Gasteiger charge is 2.23. The Bertz CT molecular complexity index is 1410. The fraction of sp³-hybridized carbons (Fsp3) is 0.250. The van der Waals surface area contributed by atoms with Gasteiger partial charge in [0.25, 0.3) is 5.91 Å². The second kappa shape index (κ2) is 10.5. The molecular weight excluding hydrogens is 476 g/mol. The molecule has 4 aromatic rings. The molecule has 1 fully saturated rings. The molecule has 36 heavy (non-hydrogen) atoms. The number of aliphatic hydroxyl groups is 1. The standard InChI is InChI=1S/C28H27ClN4O3/c29-21-7-8-22-24(14-21)30-16-23(27(22)35)26(19-4-2-1-3-5-19)32-28(36)20-6-9-25(31-15-20)33-12-10-18(17-34)11-13-33/h1-9,14-16,18,26,34H,10-13,17H2,(H,30,35)(H,32,36). The maximum absolute atomic E-state index is 13.4. The van der Waals surface area contributed by atoms with E-state index in [1.807, 2.05) is 36.4 Å². The van der Waals surface area contributed by atoms with Gasteiger partial charge in [-0.2, -0.15) is 0 Å². The molecule has 1 unspecified atom stereocenters. The van der Waals surface area contributed by atoms with Crippen LogP contribution in [0.1, 0.15) is 40.4 Å². The van der Waals surface area contributed by atoms with Crippen molar-refractivity contribution in [2.24, 2.45) is 5.92 Å². The third-order valence-electron chi connectivity index (χ3n) is 6.80. The summed E-state index contributed by atoms with van der Waals surface area (Å²) < 4.78 is 0. The molecule has 1 aliphatic heterocycles. The third kappa shape index (κ3) is 4.98. The number of benzene rings is 2. The van der Waals surface area contributed by atoms with Gasteiger partial charge in [0.1, 0.15) is 5.82 Å². The molecule has 0 spiro atoms. The van der Waals surface area contributed by atoms with Gasteiger partial charge in [-0.15, -0.1) is 0 Å². The number of halogens is 1. The Labute approximate surface area is 213 Å². The van der Waals surface area contributed by atoms with Crippen molar-refractivity contribution in [1.29, 1.82) is 0 Å². The van der Waals surface area contributed by atoms with Crippen molar-refractivity contribution in [1.82, 2.24) is 15.3 Å². The number of hydrogen-bond acceptors (Lipinski definition) is 5. The van der Waals surface area contributed by atoms with E-state index in [-0.39, 0.29) is 17.9 Å². The zero-order valence-corrected chi connectivity index (χ0v) is 20.4. The number of hydrogen-bond donors (Lipinski definition) is 3. The van der Waals surface area contributed by atoms with Crippen molar-refractivity contribution in [2.45, 2.75) is 18.9 Å². The van der Waals surface area contributed by atoms with Crippen LogP contribution in [0.2, 0.25) is 5.02 Å². The number of carbonyl (C=O) groups is 1. The first-order valence-electron chi connectivity index (χ1n) is 12.0. The molecule has 3 N–H and O–H groups in total. The van der Waals surface area contributed by atoms with E-state index >= 15 is 0 Å². The minimum Gasteiger partial charge on any atom is -0.396 e. The van der Waals surface area contributed by atoms with Crippen LogP contribution in [-0.4, -0.2) is 40.7 Å². The van der Waals surface area contributed by atoms with Crippen LogP contribution in [0.15, 0.2) is 77.9 Å². The number of anilines is 1. The van der Waals surface area contributed by atoms with Gasteiger partial charge in [0.15, 0.2) is 5.43 Å². The largest absolute Gasteiger partial charge is 0.396 e. The lowest BCUT2D eigenvalue weighted by Crippen LogP contribution is -2.35. The van der Waals surface area contributed by atoms with Gasteiger partial charge in [-0.3, -0.25) is 9.59 Å². The zero-order chi connectivity index (χ0) is 25.1. The first-order chi connectivity index (χ1) is 17.5. The quantitative estimate of drug-likeness (QED) is 0.365. The fourth-order valence-electron chi connectivity index (χ4n) is 4.68. The van der Waals surface area contributed by atoms with Gasteiger partial charge in [-0.1, -0.05) is 41.9 Å². The fourth-order valence-corrected chi connectivity index (χ4v) is 4.85. The second-order valence-electron chi connectivity index (χ2n) is 9.10. The topological polar surface area (TPSA) is 98.3 Å². The molecule has 2 aromatic heterocycles. The van der Waals surface area contributed by atoms with Gasteiger partial charge in [0.05, 0.1) is 17.1 Å². The number of pyridine rings is 2. The summed E-state index contributed by atoms with van der Waals surface area (Å²) >= 11 is 6.08. The predicted molar refractivity (Wildman–Crippen MR) is 142 cm³/mol. The molecule has 5 rings (SSSR count). The summed E-state index contributed by atoms with van der Waals surface area (Å²) in [5, 5.41) is 13.4. The predicted octanol–water partition coefficient (Wildman–Crippen LogP) is 4.30. The number of piperidine rings is 1. The monoisotopic (exact) mass is 502 g/mol. The number of aromatic amines is 1. The maximum Gasteiger partial charge on any atom is 0.253 e. The van der Waals surface area contributed by atoms with E-state index in [9.17, 15) is 14.7 Å². The summed E-state index contributed by atoms with van der Waals surface area (Å²) in [5.74, 6) is 0.834. The van der Waals surface area contributed by atoms with Gasteiger partial charge in [0, 0.05) is 48.1 Å². The lowest BCUT2D eigenvalue weighted by Gasteiger charge is -2.32. The molecule has 2 aromatic carbocycles. The van der Waals surface area contributed by atoms with E-state index in [1.54, 1.807) is 36.7 Å². The van der Waals surface area contributed by atoms with Gasteiger partial charge < -0.3 is 20.3 Å². The van der Waals surface area contributed by atoms with Gasteiger partial charge >= 0.3 is 0 Å². The lowest BCUT2D eigenvalue weighted by molar-refractivity contribution is 0.0942. The average molecular weight is 503 g/mol. The van der Waals surface area contributed by atoms with Crippen LogP contribution in [-0.2, 0) is 0 Å². The van der Waals surface area contributed by atoms with E-state index in [4.69, 9.17) is 11.6 Å². The summed E-state index contributed by atoms with van der Waals surface area (Å²) in [6.45, 7) is 1.88. The Morgan fingerprint density at radius 3 is 2.61 bits per heavy atom. The first kappa shape index (κ1) is 24.0. The Balaban J connectivity index is 1.41. The smallest absolute Gasteiger partial charge is 0.253 e. The molecule has 1 amide bonds. The minimum atomic E-state index is -0.653. The van der Waals surface area contributed by atoms with Crippen LogP contribution in [0.3, 0.4) is 0 Å². The SMILES string of the molecule is O=C(NC(c1ccccc1)c1c[nH]c2cc(Cl)ccc2c1=O)c1ccc(N2CCC(CO)CC2)nc1. The average Bonchev–Trinajstić information content (AvgIpc) is 2.92. The molecule has 0 aliphatic carbocycles. The Kier molecular flexibility index (Phi) is 7.02. The van der Waals surface area contributed by atoms with Crippen molar-refractivity contribution in [3.05, 3.63) is 105 Å². The van der Waals surface area contributed by atoms with E-state index in [0.29, 0.717) is 33.0 Å². The van der Waals surface area contributed by atoms with Crippen LogP contribution >= 0.6 is 11.6 Å². The van der Waals surface area contributed by atoms with Crippen LogP contribution < -0.4 is 15.6 Å². The van der Waals surface area contributed by atoms with E-state index in [2.05, 4.69) is 20.2 Å². The van der Waals surface area contributed by atoms with Crippen LogP contribution in [0.5, 0.6) is 0 Å². The van der Waals surface area contributed by atoms with Crippen molar-refractivity contribution < 1.29 is 9.90 Å². The number of amides is 1. The number of rotatable bonds is 6. The summed E-state index contributed by atoms with van der Waals surface area (Å²) in [6, 6.07) is 17.4. The molecule has 1 aliphatic rings. The van der Waals surface area contributed by atoms with E-state index < -0.39 is 6.04 Å². The Hall–Kier alpha value is -3.68. The van der Waals surface area contributed by atoms with Gasteiger partial charge in [0.2, 0.25) is 0 Å². The summed E-state index contributed by atoms with van der Waals surface area (Å²) in [4.78, 5) is 36.5. The first-order valence-corrected chi connectivity index (χ1v) is 12.4. The number of nitrogens with one attached hydrogen (secondary N) is 2. The van der Waals surface area contributed by atoms with Crippen molar-refractivity contribution in [3.63, 3.8) is 0 Å². The zero-order valence-electron chi connectivity index (χ0n) is 19.7. The number of H-pyrrole nitrogens is 1. The summed E-state index contributed by atoms with van der Waals surface area (Å²) in [6.07, 6.45) is 5.05. The minimum absolute atomic E-state index is 0.172. The highest BCUT2D eigenvalue weighted by Crippen LogP contribution is 2.24. The van der Waals surface area contributed by atoms with Crippen LogP contribution in [0, 0.1) is 5.92 Å². The Morgan fingerprint density at radius 2 is 1.92 bits per heavy atom. The number of fused-ring (bicyclic) bond motifs is 1. The molecule has 184 valence electrons. The summed E-state index contributed by atoms with van der Waals surface area (Å²) in [7, 11) is 0. The number of carbonyl (C=O) groups excluding carboxylic acids is 1. The van der Waals surface area contributed by atoms with Crippen LogP contribution in [0.25, 0.3) is 10.9 Å². The van der Waals surface area contributed by atoms with Gasteiger partial charge in [-0.05, 0) is 54.7 Å². The molecule has 0 saturated carbocycles. The van der Waals surface area contributed by atoms with Crippen LogP contribution in [0.4, 0.5) is 5.82 Å². The highest BCUT2D eigenvalue weighted by atomic mass is 35.5. The normalized spacial score (nSPS) is 15.1. The number of nitrogens with zero attached hydrogens (tertiary/aromatic N) is 2.